The van der Waals surface area contributed by atoms with Crippen LogP contribution in [0.5, 0.6) is 5.75 Å². The van der Waals surface area contributed by atoms with Crippen molar-refractivity contribution < 1.29 is 9.84 Å². The maximum absolute atomic E-state index is 9.56. The van der Waals surface area contributed by atoms with E-state index in [-0.39, 0.29) is 12.5 Å². The lowest BCUT2D eigenvalue weighted by atomic mass is 9.93. The minimum Gasteiger partial charge on any atom is -0.497 e. The van der Waals surface area contributed by atoms with Crippen molar-refractivity contribution in [2.75, 3.05) is 13.7 Å². The number of aliphatic hydroxyl groups is 1. The van der Waals surface area contributed by atoms with Crippen LogP contribution in [0.1, 0.15) is 11.1 Å². The monoisotopic (exact) mass is 290 g/mol. The first-order valence-corrected chi connectivity index (χ1v) is 7.07. The Labute approximate surface area is 125 Å². The Morgan fingerprint density at radius 1 is 1.05 bits per heavy atom. The number of hydrogen-bond donors (Lipinski definition) is 1. The van der Waals surface area contributed by atoms with E-state index in [4.69, 9.17) is 16.3 Å². The summed E-state index contributed by atoms with van der Waals surface area (Å²) < 4.78 is 5.15. The molecule has 0 aliphatic rings. The van der Waals surface area contributed by atoms with Crippen molar-refractivity contribution >= 4 is 11.6 Å². The summed E-state index contributed by atoms with van der Waals surface area (Å²) in [6, 6.07) is 15.8. The smallest absolute Gasteiger partial charge is 0.118 e. The zero-order chi connectivity index (χ0) is 14.4. The maximum Gasteiger partial charge on any atom is 0.118 e. The second-order valence-electron chi connectivity index (χ2n) is 4.93. The van der Waals surface area contributed by atoms with Gasteiger partial charge in [-0.2, -0.15) is 0 Å². The van der Waals surface area contributed by atoms with E-state index < -0.39 is 0 Å². The molecule has 1 unspecified atom stereocenters. The largest absolute Gasteiger partial charge is 0.497 e. The Kier molecular flexibility index (Phi) is 5.45. The lowest BCUT2D eigenvalue weighted by Gasteiger charge is -2.15. The molecular weight excluding hydrogens is 272 g/mol. The van der Waals surface area contributed by atoms with Gasteiger partial charge < -0.3 is 9.84 Å². The SMILES string of the molecule is COc1ccc(CC(CO)Cc2cccc(Cl)c2)cc1. The van der Waals surface area contributed by atoms with Crippen molar-refractivity contribution in [2.45, 2.75) is 12.8 Å². The molecule has 1 atom stereocenters. The number of halogens is 1. The highest BCUT2D eigenvalue weighted by Gasteiger charge is 2.10. The zero-order valence-electron chi connectivity index (χ0n) is 11.6. The molecule has 0 bridgehead atoms. The van der Waals surface area contributed by atoms with Crippen LogP contribution < -0.4 is 4.74 Å². The van der Waals surface area contributed by atoms with Gasteiger partial charge in [-0.05, 0) is 54.2 Å². The van der Waals surface area contributed by atoms with Crippen LogP contribution in [0.2, 0.25) is 5.02 Å². The maximum atomic E-state index is 9.56. The van der Waals surface area contributed by atoms with E-state index in [9.17, 15) is 5.11 Å². The minimum atomic E-state index is 0.165. The highest BCUT2D eigenvalue weighted by atomic mass is 35.5. The normalized spacial score (nSPS) is 12.2. The van der Waals surface area contributed by atoms with Gasteiger partial charge in [-0.15, -0.1) is 0 Å². The summed E-state index contributed by atoms with van der Waals surface area (Å²) in [5.74, 6) is 1.05. The fourth-order valence-electron chi connectivity index (χ4n) is 2.29. The van der Waals surface area contributed by atoms with Gasteiger partial charge in [-0.1, -0.05) is 35.9 Å². The molecule has 0 saturated heterocycles. The number of hydrogen-bond acceptors (Lipinski definition) is 2. The minimum absolute atomic E-state index is 0.165. The standard InChI is InChI=1S/C17H19ClO2/c1-20-17-7-5-13(6-8-17)9-15(12-19)10-14-3-2-4-16(18)11-14/h2-8,11,15,19H,9-10,12H2,1H3. The van der Waals surface area contributed by atoms with E-state index in [0.29, 0.717) is 0 Å². The molecular formula is C17H19ClO2. The Morgan fingerprint density at radius 2 is 1.75 bits per heavy atom. The van der Waals surface area contributed by atoms with Crippen LogP contribution in [0.15, 0.2) is 48.5 Å². The van der Waals surface area contributed by atoms with Gasteiger partial charge >= 0.3 is 0 Å². The highest BCUT2D eigenvalue weighted by Crippen LogP contribution is 2.19. The lowest BCUT2D eigenvalue weighted by molar-refractivity contribution is 0.225. The Morgan fingerprint density at radius 3 is 2.35 bits per heavy atom. The third kappa shape index (κ3) is 4.26. The van der Waals surface area contributed by atoms with Crippen molar-refractivity contribution in [3.05, 3.63) is 64.7 Å². The molecule has 20 heavy (non-hydrogen) atoms. The molecule has 3 heteroatoms. The first-order chi connectivity index (χ1) is 9.71. The van der Waals surface area contributed by atoms with Gasteiger partial charge in [-0.25, -0.2) is 0 Å². The summed E-state index contributed by atoms with van der Waals surface area (Å²) in [4.78, 5) is 0. The van der Waals surface area contributed by atoms with Crippen LogP contribution in [0.3, 0.4) is 0 Å². The number of methoxy groups -OCH3 is 1. The second kappa shape index (κ2) is 7.32. The molecule has 0 fully saturated rings. The fraction of sp³-hybridized carbons (Fsp3) is 0.294. The predicted molar refractivity (Wildman–Crippen MR) is 82.4 cm³/mol. The number of benzene rings is 2. The molecule has 2 nitrogen and oxygen atoms in total. The van der Waals surface area contributed by atoms with Crippen molar-refractivity contribution in [1.82, 2.24) is 0 Å². The molecule has 2 rings (SSSR count). The first-order valence-electron chi connectivity index (χ1n) is 6.69. The van der Waals surface area contributed by atoms with E-state index >= 15 is 0 Å². The molecule has 0 spiro atoms. The van der Waals surface area contributed by atoms with Gasteiger partial charge in [0.2, 0.25) is 0 Å². The summed E-state index contributed by atoms with van der Waals surface area (Å²) in [5.41, 5.74) is 2.36. The second-order valence-corrected chi connectivity index (χ2v) is 5.37. The molecule has 2 aromatic carbocycles. The Balaban J connectivity index is 2.01. The van der Waals surface area contributed by atoms with E-state index in [1.165, 1.54) is 5.56 Å². The predicted octanol–water partition coefficient (Wildman–Crippen LogP) is 3.74. The van der Waals surface area contributed by atoms with Gasteiger partial charge in [-0.3, -0.25) is 0 Å². The molecule has 0 saturated carbocycles. The summed E-state index contributed by atoms with van der Waals surface area (Å²) >= 11 is 5.99. The average molecular weight is 291 g/mol. The highest BCUT2D eigenvalue weighted by molar-refractivity contribution is 6.30. The van der Waals surface area contributed by atoms with Crippen molar-refractivity contribution in [3.8, 4) is 5.75 Å². The van der Waals surface area contributed by atoms with Crippen LogP contribution in [0, 0.1) is 5.92 Å². The fourth-order valence-corrected chi connectivity index (χ4v) is 2.51. The van der Waals surface area contributed by atoms with Crippen molar-refractivity contribution in [1.29, 1.82) is 0 Å². The van der Waals surface area contributed by atoms with Crippen molar-refractivity contribution in [2.24, 2.45) is 5.92 Å². The average Bonchev–Trinajstić information content (AvgIpc) is 2.47. The third-order valence-corrected chi connectivity index (χ3v) is 3.59. The third-order valence-electron chi connectivity index (χ3n) is 3.36. The topological polar surface area (TPSA) is 29.5 Å². The van der Waals surface area contributed by atoms with Gasteiger partial charge in [0.15, 0.2) is 0 Å². The summed E-state index contributed by atoms with van der Waals surface area (Å²) in [5, 5.41) is 10.3. The van der Waals surface area contributed by atoms with Crippen LogP contribution in [-0.4, -0.2) is 18.8 Å². The first kappa shape index (κ1) is 14.9. The van der Waals surface area contributed by atoms with Crippen LogP contribution >= 0.6 is 11.6 Å². The zero-order valence-corrected chi connectivity index (χ0v) is 12.3. The van der Waals surface area contributed by atoms with Gasteiger partial charge in [0.1, 0.15) is 5.75 Å². The van der Waals surface area contributed by atoms with Crippen LogP contribution in [-0.2, 0) is 12.8 Å². The summed E-state index contributed by atoms with van der Waals surface area (Å²) in [6.45, 7) is 0.165. The van der Waals surface area contributed by atoms with E-state index in [1.54, 1.807) is 7.11 Å². The molecule has 1 N–H and O–H groups in total. The van der Waals surface area contributed by atoms with Crippen LogP contribution in [0.4, 0.5) is 0 Å². The van der Waals surface area contributed by atoms with Crippen LogP contribution in [0.25, 0.3) is 0 Å². The lowest BCUT2D eigenvalue weighted by Crippen LogP contribution is -2.13. The molecule has 2 aromatic rings. The van der Waals surface area contributed by atoms with E-state index in [1.807, 2.05) is 48.5 Å². The number of rotatable bonds is 6. The van der Waals surface area contributed by atoms with E-state index in [2.05, 4.69) is 0 Å². The summed E-state index contributed by atoms with van der Waals surface area (Å²) in [7, 11) is 1.66. The summed E-state index contributed by atoms with van der Waals surface area (Å²) in [6.07, 6.45) is 1.66. The Bertz CT molecular complexity index is 537. The molecule has 0 aromatic heterocycles. The van der Waals surface area contributed by atoms with Gasteiger partial charge in [0.25, 0.3) is 0 Å². The molecule has 0 radical (unpaired) electrons. The van der Waals surface area contributed by atoms with Crippen molar-refractivity contribution in [3.63, 3.8) is 0 Å². The number of aliphatic hydroxyl groups excluding tert-OH is 1. The van der Waals surface area contributed by atoms with Gasteiger partial charge in [0.05, 0.1) is 7.11 Å². The molecule has 0 heterocycles. The molecule has 0 aliphatic carbocycles. The quantitative estimate of drug-likeness (QED) is 0.878. The molecule has 0 amide bonds. The Hall–Kier alpha value is -1.51. The number of ether oxygens (including phenoxy) is 1. The molecule has 106 valence electrons. The van der Waals surface area contributed by atoms with E-state index in [0.717, 1.165) is 29.2 Å². The molecule has 0 aliphatic heterocycles. The van der Waals surface area contributed by atoms with Gasteiger partial charge in [0, 0.05) is 11.6 Å².